The average molecular weight is 348 g/mol. The summed E-state index contributed by atoms with van der Waals surface area (Å²) < 4.78 is 1.82. The number of aliphatic hydroxyl groups excluding tert-OH is 1. The second-order valence-corrected chi connectivity index (χ2v) is 6.87. The van der Waals surface area contributed by atoms with Crippen molar-refractivity contribution in [2.24, 2.45) is 0 Å². The Morgan fingerprint density at radius 3 is 2.54 bits per heavy atom. The molecule has 1 aliphatic heterocycles. The number of hydrogen-bond donors (Lipinski definition) is 1. The number of para-hydroxylation sites is 1. The molecule has 2 heterocycles. The summed E-state index contributed by atoms with van der Waals surface area (Å²) in [7, 11) is 0. The number of likely N-dealkylation sites (tertiary alicyclic amines) is 1. The molecule has 1 N–H and O–H groups in total. The van der Waals surface area contributed by atoms with E-state index in [2.05, 4.69) is 15.0 Å². The highest BCUT2D eigenvalue weighted by molar-refractivity contribution is 5.29. The Morgan fingerprint density at radius 1 is 1.04 bits per heavy atom. The standard InChI is InChI=1S/C21H24N4O/c26-20(17-8-3-1-4-9-17)14-19-12-7-13-24(19)15-21-22-16-25(23-21)18-10-5-2-6-11-18/h1-6,8-11,16,19-20,26H,7,12-15H2. The molecule has 3 aromatic rings. The summed E-state index contributed by atoms with van der Waals surface area (Å²) in [5.41, 5.74) is 2.01. The molecule has 0 saturated carbocycles. The van der Waals surface area contributed by atoms with Crippen LogP contribution in [-0.2, 0) is 6.54 Å². The van der Waals surface area contributed by atoms with Crippen molar-refractivity contribution in [3.63, 3.8) is 0 Å². The van der Waals surface area contributed by atoms with Crippen LogP contribution in [0.15, 0.2) is 67.0 Å². The summed E-state index contributed by atoms with van der Waals surface area (Å²) >= 11 is 0. The van der Waals surface area contributed by atoms with Crippen molar-refractivity contribution in [1.82, 2.24) is 19.7 Å². The minimum atomic E-state index is -0.420. The third kappa shape index (κ3) is 3.84. The molecular weight excluding hydrogens is 324 g/mol. The van der Waals surface area contributed by atoms with Crippen LogP contribution in [0.4, 0.5) is 0 Å². The van der Waals surface area contributed by atoms with Gasteiger partial charge in [0.05, 0.1) is 18.3 Å². The molecule has 5 nitrogen and oxygen atoms in total. The third-order valence-electron chi connectivity index (χ3n) is 5.08. The second kappa shape index (κ2) is 7.81. The number of hydrogen-bond acceptors (Lipinski definition) is 4. The average Bonchev–Trinajstić information content (AvgIpc) is 3.33. The number of nitrogens with zero attached hydrogens (tertiary/aromatic N) is 4. The molecule has 1 fully saturated rings. The Kier molecular flexibility index (Phi) is 5.09. The van der Waals surface area contributed by atoms with E-state index in [1.165, 1.54) is 0 Å². The van der Waals surface area contributed by atoms with E-state index in [4.69, 9.17) is 0 Å². The first kappa shape index (κ1) is 16.9. The van der Waals surface area contributed by atoms with Crippen LogP contribution in [0.2, 0.25) is 0 Å². The largest absolute Gasteiger partial charge is 0.388 e. The van der Waals surface area contributed by atoms with E-state index in [0.29, 0.717) is 6.04 Å². The van der Waals surface area contributed by atoms with Gasteiger partial charge in [-0.1, -0.05) is 48.5 Å². The zero-order valence-corrected chi connectivity index (χ0v) is 14.8. The zero-order chi connectivity index (χ0) is 17.8. The van der Waals surface area contributed by atoms with Gasteiger partial charge in [0.1, 0.15) is 6.33 Å². The summed E-state index contributed by atoms with van der Waals surface area (Å²) in [6.07, 6.45) is 4.38. The number of rotatable bonds is 6. The van der Waals surface area contributed by atoms with Crippen molar-refractivity contribution in [2.45, 2.75) is 38.0 Å². The monoisotopic (exact) mass is 348 g/mol. The van der Waals surface area contributed by atoms with Gasteiger partial charge in [0, 0.05) is 6.04 Å². The topological polar surface area (TPSA) is 54.2 Å². The van der Waals surface area contributed by atoms with Crippen LogP contribution in [0.1, 0.15) is 36.8 Å². The van der Waals surface area contributed by atoms with Crippen molar-refractivity contribution in [3.8, 4) is 5.69 Å². The molecule has 26 heavy (non-hydrogen) atoms. The van der Waals surface area contributed by atoms with Gasteiger partial charge in [-0.3, -0.25) is 4.90 Å². The molecule has 1 aliphatic rings. The smallest absolute Gasteiger partial charge is 0.165 e. The normalized spacial score (nSPS) is 18.9. The predicted molar refractivity (Wildman–Crippen MR) is 101 cm³/mol. The number of aliphatic hydroxyl groups is 1. The van der Waals surface area contributed by atoms with Crippen LogP contribution < -0.4 is 0 Å². The number of benzene rings is 2. The van der Waals surface area contributed by atoms with Gasteiger partial charge in [0.15, 0.2) is 5.82 Å². The highest BCUT2D eigenvalue weighted by Gasteiger charge is 2.28. The lowest BCUT2D eigenvalue weighted by Gasteiger charge is -2.25. The Hall–Kier alpha value is -2.50. The summed E-state index contributed by atoms with van der Waals surface area (Å²) in [6, 6.07) is 20.3. The minimum Gasteiger partial charge on any atom is -0.388 e. The SMILES string of the molecule is OC(CC1CCCN1Cc1ncn(-c2ccccc2)n1)c1ccccc1. The summed E-state index contributed by atoms with van der Waals surface area (Å²) in [5.74, 6) is 0.829. The van der Waals surface area contributed by atoms with Gasteiger partial charge in [-0.25, -0.2) is 9.67 Å². The first-order valence-electron chi connectivity index (χ1n) is 9.22. The second-order valence-electron chi connectivity index (χ2n) is 6.87. The molecule has 2 atom stereocenters. The maximum absolute atomic E-state index is 10.6. The van der Waals surface area contributed by atoms with Gasteiger partial charge in [-0.2, -0.15) is 0 Å². The highest BCUT2D eigenvalue weighted by Crippen LogP contribution is 2.28. The van der Waals surface area contributed by atoms with E-state index in [1.807, 2.05) is 65.3 Å². The van der Waals surface area contributed by atoms with Gasteiger partial charge >= 0.3 is 0 Å². The Labute approximate surface area is 153 Å². The van der Waals surface area contributed by atoms with Gasteiger partial charge in [0.2, 0.25) is 0 Å². The van der Waals surface area contributed by atoms with Crippen LogP contribution in [0.5, 0.6) is 0 Å². The molecule has 4 rings (SSSR count). The van der Waals surface area contributed by atoms with Crippen LogP contribution in [0.25, 0.3) is 5.69 Å². The van der Waals surface area contributed by atoms with E-state index >= 15 is 0 Å². The van der Waals surface area contributed by atoms with Gasteiger partial charge < -0.3 is 5.11 Å². The van der Waals surface area contributed by atoms with Crippen molar-refractivity contribution >= 4 is 0 Å². The molecule has 2 unspecified atom stereocenters. The quantitative estimate of drug-likeness (QED) is 0.742. The zero-order valence-electron chi connectivity index (χ0n) is 14.8. The third-order valence-corrected chi connectivity index (χ3v) is 5.08. The van der Waals surface area contributed by atoms with Crippen molar-refractivity contribution < 1.29 is 5.11 Å². The molecule has 1 aromatic heterocycles. The van der Waals surface area contributed by atoms with Crippen LogP contribution in [0, 0.1) is 0 Å². The van der Waals surface area contributed by atoms with Gasteiger partial charge in [0.25, 0.3) is 0 Å². The van der Waals surface area contributed by atoms with Gasteiger partial charge in [-0.05, 0) is 43.5 Å². The molecule has 5 heteroatoms. The van der Waals surface area contributed by atoms with Crippen molar-refractivity contribution in [2.75, 3.05) is 6.54 Å². The van der Waals surface area contributed by atoms with Crippen molar-refractivity contribution in [3.05, 3.63) is 78.4 Å². The summed E-state index contributed by atoms with van der Waals surface area (Å²) in [5, 5.41) is 15.2. The first-order valence-corrected chi connectivity index (χ1v) is 9.22. The fraction of sp³-hybridized carbons (Fsp3) is 0.333. The molecule has 134 valence electrons. The lowest BCUT2D eigenvalue weighted by Crippen LogP contribution is -2.30. The maximum atomic E-state index is 10.6. The Balaban J connectivity index is 1.40. The maximum Gasteiger partial charge on any atom is 0.165 e. The van der Waals surface area contributed by atoms with E-state index in [1.54, 1.807) is 6.33 Å². The highest BCUT2D eigenvalue weighted by atomic mass is 16.3. The summed E-state index contributed by atoms with van der Waals surface area (Å²) in [6.45, 7) is 1.76. The number of aromatic nitrogens is 3. The Bertz CT molecular complexity index is 818. The molecule has 0 bridgehead atoms. The van der Waals surface area contributed by atoms with Crippen molar-refractivity contribution in [1.29, 1.82) is 0 Å². The van der Waals surface area contributed by atoms with Crippen LogP contribution in [-0.4, -0.2) is 37.4 Å². The molecule has 0 radical (unpaired) electrons. The Morgan fingerprint density at radius 2 is 1.77 bits per heavy atom. The fourth-order valence-corrected chi connectivity index (χ4v) is 3.70. The fourth-order valence-electron chi connectivity index (χ4n) is 3.70. The molecule has 0 spiro atoms. The lowest BCUT2D eigenvalue weighted by atomic mass is 10.0. The minimum absolute atomic E-state index is 0.369. The molecule has 1 saturated heterocycles. The van der Waals surface area contributed by atoms with E-state index in [0.717, 1.165) is 49.4 Å². The van der Waals surface area contributed by atoms with Crippen LogP contribution >= 0.6 is 0 Å². The predicted octanol–water partition coefficient (Wildman–Crippen LogP) is 3.36. The molecule has 0 aliphatic carbocycles. The van der Waals surface area contributed by atoms with E-state index in [-0.39, 0.29) is 0 Å². The van der Waals surface area contributed by atoms with Gasteiger partial charge in [-0.15, -0.1) is 5.10 Å². The van der Waals surface area contributed by atoms with E-state index in [9.17, 15) is 5.11 Å². The molecule has 2 aromatic carbocycles. The molecular formula is C21H24N4O. The summed E-state index contributed by atoms with van der Waals surface area (Å²) in [4.78, 5) is 6.88. The van der Waals surface area contributed by atoms with E-state index < -0.39 is 6.10 Å². The first-order chi connectivity index (χ1) is 12.8. The van der Waals surface area contributed by atoms with Crippen LogP contribution in [0.3, 0.4) is 0 Å². The molecule has 0 amide bonds. The lowest BCUT2D eigenvalue weighted by molar-refractivity contribution is 0.117.